The maximum absolute atomic E-state index is 12.3. The number of nitrogens with zero attached hydrogens (tertiary/aromatic N) is 3. The Kier molecular flexibility index (Phi) is 2.88. The van der Waals surface area contributed by atoms with Crippen molar-refractivity contribution >= 4 is 21.1 Å². The summed E-state index contributed by atoms with van der Waals surface area (Å²) >= 11 is 0. The molecule has 0 bridgehead atoms. The fourth-order valence-electron chi connectivity index (χ4n) is 1.36. The van der Waals surface area contributed by atoms with Crippen LogP contribution in [0.4, 0.5) is 3.89 Å². The highest BCUT2D eigenvalue weighted by molar-refractivity contribution is 7.86. The molecule has 0 fully saturated rings. The van der Waals surface area contributed by atoms with Crippen LogP contribution in [0, 0.1) is 0 Å². The Morgan fingerprint density at radius 3 is 2.88 bits per heavy atom. The summed E-state index contributed by atoms with van der Waals surface area (Å²) in [7, 11) is -4.61. The number of rotatable bonds is 3. The highest BCUT2D eigenvalue weighted by Crippen LogP contribution is 2.03. The first-order chi connectivity index (χ1) is 7.97. The van der Waals surface area contributed by atoms with Gasteiger partial charge in [0.15, 0.2) is 0 Å². The van der Waals surface area contributed by atoms with Crippen LogP contribution in [0.3, 0.4) is 0 Å². The van der Waals surface area contributed by atoms with Crippen molar-refractivity contribution in [3.05, 3.63) is 34.9 Å². The van der Waals surface area contributed by atoms with E-state index in [1.165, 1.54) is 12.4 Å². The molecule has 2 aromatic heterocycles. The summed E-state index contributed by atoms with van der Waals surface area (Å²) in [5.41, 5.74) is -0.356. The molecule has 0 aliphatic carbocycles. The van der Waals surface area contributed by atoms with Crippen LogP contribution in [0.2, 0.25) is 0 Å². The van der Waals surface area contributed by atoms with Gasteiger partial charge in [0.1, 0.15) is 5.52 Å². The lowest BCUT2D eigenvalue weighted by molar-refractivity contribution is 0.535. The molecule has 0 atom stereocenters. The van der Waals surface area contributed by atoms with E-state index < -0.39 is 21.5 Å². The van der Waals surface area contributed by atoms with Crippen LogP contribution in [0.5, 0.6) is 0 Å². The first-order valence-electron chi connectivity index (χ1n) is 4.70. The molecule has 90 valence electrons. The zero-order chi connectivity index (χ0) is 12.5. The van der Waals surface area contributed by atoms with Gasteiger partial charge in [-0.3, -0.25) is 9.78 Å². The second kappa shape index (κ2) is 4.21. The van der Waals surface area contributed by atoms with Gasteiger partial charge in [0.05, 0.1) is 18.5 Å². The molecule has 0 saturated heterocycles. The average Bonchev–Trinajstić information content (AvgIpc) is 2.27. The van der Waals surface area contributed by atoms with E-state index in [4.69, 9.17) is 0 Å². The van der Waals surface area contributed by atoms with Crippen LogP contribution in [-0.4, -0.2) is 28.9 Å². The summed E-state index contributed by atoms with van der Waals surface area (Å²) in [5, 5.41) is 4.30. The van der Waals surface area contributed by atoms with Crippen LogP contribution >= 0.6 is 0 Å². The number of hydrogen-bond acceptors (Lipinski definition) is 5. The first-order valence-corrected chi connectivity index (χ1v) is 6.26. The van der Waals surface area contributed by atoms with E-state index >= 15 is 0 Å². The molecule has 2 aromatic rings. The van der Waals surface area contributed by atoms with Crippen molar-refractivity contribution in [3.63, 3.8) is 0 Å². The topological polar surface area (TPSA) is 81.9 Å². The summed E-state index contributed by atoms with van der Waals surface area (Å²) in [6, 6.07) is 3.31. The molecule has 2 heterocycles. The SMILES string of the molecule is O=c1c2ncccc2cnn1CCS(=O)(=O)F. The van der Waals surface area contributed by atoms with Crippen molar-refractivity contribution in [2.45, 2.75) is 6.54 Å². The molecule has 2 rings (SSSR count). The summed E-state index contributed by atoms with van der Waals surface area (Å²) in [6.45, 7) is -0.329. The Bertz CT molecular complexity index is 711. The van der Waals surface area contributed by atoms with E-state index in [2.05, 4.69) is 10.1 Å². The standard InChI is InChI=1S/C9H8FN3O3S/c10-17(15,16)5-4-13-9(14)8-7(6-12-13)2-1-3-11-8/h1-3,6H,4-5H2. The minimum atomic E-state index is -4.61. The van der Waals surface area contributed by atoms with Gasteiger partial charge in [0, 0.05) is 11.6 Å². The minimum absolute atomic E-state index is 0.179. The fourth-order valence-corrected chi connectivity index (χ4v) is 1.75. The van der Waals surface area contributed by atoms with Crippen molar-refractivity contribution in [1.29, 1.82) is 0 Å². The summed E-state index contributed by atoms with van der Waals surface area (Å²) in [6.07, 6.45) is 2.83. The Morgan fingerprint density at radius 1 is 1.41 bits per heavy atom. The van der Waals surface area contributed by atoms with Gasteiger partial charge in [-0.05, 0) is 12.1 Å². The molecule has 0 saturated carbocycles. The third kappa shape index (κ3) is 2.64. The number of aromatic nitrogens is 3. The second-order valence-electron chi connectivity index (χ2n) is 3.36. The molecule has 0 aliphatic heterocycles. The number of halogens is 1. The summed E-state index contributed by atoms with van der Waals surface area (Å²) < 4.78 is 33.9. The van der Waals surface area contributed by atoms with E-state index in [1.807, 2.05) is 0 Å². The fraction of sp³-hybridized carbons (Fsp3) is 0.222. The number of fused-ring (bicyclic) bond motifs is 1. The van der Waals surface area contributed by atoms with Crippen molar-refractivity contribution in [2.75, 3.05) is 5.75 Å². The van der Waals surface area contributed by atoms with E-state index in [1.54, 1.807) is 12.1 Å². The molecular weight excluding hydrogens is 249 g/mol. The largest absolute Gasteiger partial charge is 0.304 e. The third-order valence-corrected chi connectivity index (χ3v) is 2.83. The van der Waals surface area contributed by atoms with Crippen LogP contribution in [0.25, 0.3) is 10.9 Å². The number of aryl methyl sites for hydroxylation is 1. The smallest absolute Gasteiger partial charge is 0.265 e. The molecule has 0 N–H and O–H groups in total. The molecule has 0 unspecified atom stereocenters. The molecule has 0 radical (unpaired) electrons. The Hall–Kier alpha value is -1.83. The maximum atomic E-state index is 12.3. The zero-order valence-electron chi connectivity index (χ0n) is 8.58. The quantitative estimate of drug-likeness (QED) is 0.728. The van der Waals surface area contributed by atoms with Crippen molar-refractivity contribution in [3.8, 4) is 0 Å². The first kappa shape index (κ1) is 11.6. The zero-order valence-corrected chi connectivity index (χ0v) is 9.39. The van der Waals surface area contributed by atoms with Crippen molar-refractivity contribution in [1.82, 2.24) is 14.8 Å². The lowest BCUT2D eigenvalue weighted by atomic mass is 10.3. The predicted octanol–water partition coefficient (Wildman–Crippen LogP) is 0.0908. The molecule has 0 spiro atoms. The monoisotopic (exact) mass is 257 g/mol. The second-order valence-corrected chi connectivity index (χ2v) is 4.84. The molecular formula is C9H8FN3O3S. The predicted molar refractivity (Wildman–Crippen MR) is 58.7 cm³/mol. The lowest BCUT2D eigenvalue weighted by Gasteiger charge is -2.03. The highest BCUT2D eigenvalue weighted by atomic mass is 32.3. The molecule has 0 amide bonds. The normalized spacial score (nSPS) is 11.8. The minimum Gasteiger partial charge on any atom is -0.265 e. The van der Waals surface area contributed by atoms with Crippen LogP contribution < -0.4 is 5.56 Å². The van der Waals surface area contributed by atoms with Crippen molar-refractivity contribution in [2.24, 2.45) is 0 Å². The van der Waals surface area contributed by atoms with Gasteiger partial charge >= 0.3 is 10.2 Å². The van der Waals surface area contributed by atoms with Gasteiger partial charge in [0.2, 0.25) is 0 Å². The van der Waals surface area contributed by atoms with Gasteiger partial charge in [-0.25, -0.2) is 4.68 Å². The highest BCUT2D eigenvalue weighted by Gasteiger charge is 2.10. The van der Waals surface area contributed by atoms with E-state index in [9.17, 15) is 17.1 Å². The van der Waals surface area contributed by atoms with Crippen LogP contribution in [0.1, 0.15) is 0 Å². The third-order valence-electron chi connectivity index (χ3n) is 2.16. The van der Waals surface area contributed by atoms with Gasteiger partial charge in [-0.1, -0.05) is 0 Å². The maximum Gasteiger partial charge on any atom is 0.304 e. The summed E-state index contributed by atoms with van der Waals surface area (Å²) in [4.78, 5) is 15.6. The molecule has 17 heavy (non-hydrogen) atoms. The Morgan fingerprint density at radius 2 is 2.18 bits per heavy atom. The molecule has 0 aromatic carbocycles. The van der Waals surface area contributed by atoms with Gasteiger partial charge < -0.3 is 0 Å². The molecule has 6 nitrogen and oxygen atoms in total. The van der Waals surface area contributed by atoms with E-state index in [0.717, 1.165) is 4.68 Å². The van der Waals surface area contributed by atoms with Crippen LogP contribution in [-0.2, 0) is 16.8 Å². The number of pyridine rings is 1. The number of hydrogen-bond donors (Lipinski definition) is 0. The molecule has 8 heteroatoms. The Labute approximate surface area is 95.9 Å². The van der Waals surface area contributed by atoms with Gasteiger partial charge in [-0.2, -0.15) is 13.5 Å². The average molecular weight is 257 g/mol. The molecule has 0 aliphatic rings. The van der Waals surface area contributed by atoms with Crippen LogP contribution in [0.15, 0.2) is 29.3 Å². The van der Waals surface area contributed by atoms with E-state index in [0.29, 0.717) is 5.39 Å². The van der Waals surface area contributed by atoms with Gasteiger partial charge in [-0.15, -0.1) is 3.89 Å². The van der Waals surface area contributed by atoms with Crippen molar-refractivity contribution < 1.29 is 12.3 Å². The van der Waals surface area contributed by atoms with E-state index in [-0.39, 0.29) is 12.1 Å². The Balaban J connectivity index is 2.43. The lowest BCUT2D eigenvalue weighted by Crippen LogP contribution is -2.26. The van der Waals surface area contributed by atoms with Gasteiger partial charge in [0.25, 0.3) is 5.56 Å². The summed E-state index contributed by atoms with van der Waals surface area (Å²) in [5.74, 6) is -0.780.